The van der Waals surface area contributed by atoms with Crippen molar-refractivity contribution in [3.8, 4) is 0 Å². The van der Waals surface area contributed by atoms with Gasteiger partial charge in [-0.1, -0.05) is 88.4 Å². The molecule has 0 spiro atoms. The Morgan fingerprint density at radius 3 is 2.14 bits per heavy atom. The highest BCUT2D eigenvalue weighted by Crippen LogP contribution is 2.26. The second-order valence-corrected chi connectivity index (χ2v) is 17.2. The van der Waals surface area contributed by atoms with Crippen LogP contribution in [0.4, 0.5) is 14.4 Å². The second kappa shape index (κ2) is 20.9. The lowest BCUT2D eigenvalue weighted by Gasteiger charge is -2.43. The van der Waals surface area contributed by atoms with Crippen molar-refractivity contribution >= 4 is 46.8 Å². The maximum atomic E-state index is 15.2. The number of hydrazine groups is 2. The molecule has 0 radical (unpaired) electrons. The average Bonchev–Trinajstić information content (AvgIpc) is 3.86. The Balaban J connectivity index is 1.84. The third-order valence-electron chi connectivity index (χ3n) is 8.78. The van der Waals surface area contributed by atoms with Crippen LogP contribution in [0, 0.1) is 5.92 Å². The minimum atomic E-state index is -1.34. The van der Waals surface area contributed by atoms with Crippen molar-refractivity contribution in [2.45, 2.75) is 117 Å². The van der Waals surface area contributed by atoms with Gasteiger partial charge in [0.25, 0.3) is 5.91 Å². The molecule has 5 amide bonds. The topological polar surface area (TPSA) is 181 Å². The van der Waals surface area contributed by atoms with E-state index < -0.39 is 53.8 Å². The van der Waals surface area contributed by atoms with Crippen LogP contribution < -0.4 is 11.2 Å². The van der Waals surface area contributed by atoms with E-state index in [9.17, 15) is 19.5 Å². The monoisotopic (exact) mass is 821 g/mol. The van der Waals surface area contributed by atoms with Gasteiger partial charge in [-0.3, -0.25) is 9.78 Å². The van der Waals surface area contributed by atoms with Gasteiger partial charge in [0.1, 0.15) is 18.2 Å². The van der Waals surface area contributed by atoms with Gasteiger partial charge in [0, 0.05) is 17.5 Å². The molecule has 0 aliphatic carbocycles. The SMILES string of the molecule is CC(C)c1nc(CN(C(N)=O)[C@H](C(=O)N(NC(=O)OC(C)(C)C)N(C(=O)OCc2cncs2)C(Cc2ccccc2)C(O)CCCc2ccccc2)C(C)C)cs1. The zero-order valence-corrected chi connectivity index (χ0v) is 35.3. The number of urea groups is 1. The number of nitrogens with two attached hydrogens (primary N) is 1. The maximum Gasteiger partial charge on any atom is 0.431 e. The third-order valence-corrected chi connectivity index (χ3v) is 10.7. The molecule has 2 unspecified atom stereocenters. The molecule has 4 aromatic rings. The number of ether oxygens (including phenoxy) is 2. The highest BCUT2D eigenvalue weighted by Gasteiger charge is 2.44. The number of rotatable bonds is 16. The van der Waals surface area contributed by atoms with Crippen molar-refractivity contribution in [1.82, 2.24) is 30.4 Å². The minimum absolute atomic E-state index is 0.0471. The van der Waals surface area contributed by atoms with Gasteiger partial charge in [0.2, 0.25) is 0 Å². The first-order chi connectivity index (χ1) is 27.0. The first-order valence-electron chi connectivity index (χ1n) is 19.0. The fourth-order valence-corrected chi connectivity index (χ4v) is 7.46. The molecule has 0 bridgehead atoms. The number of aliphatic hydroxyl groups excluding tert-OH is 1. The van der Waals surface area contributed by atoms with Crippen molar-refractivity contribution in [2.75, 3.05) is 0 Å². The average molecular weight is 822 g/mol. The summed E-state index contributed by atoms with van der Waals surface area (Å²) in [5.41, 5.74) is 11.4. The van der Waals surface area contributed by atoms with Gasteiger partial charge in [0.15, 0.2) is 0 Å². The summed E-state index contributed by atoms with van der Waals surface area (Å²) in [5, 5.41) is 16.4. The highest BCUT2D eigenvalue weighted by molar-refractivity contribution is 7.09. The van der Waals surface area contributed by atoms with Gasteiger partial charge in [0.05, 0.1) is 39.8 Å². The Bertz CT molecular complexity index is 1870. The van der Waals surface area contributed by atoms with Gasteiger partial charge in [-0.05, 0) is 63.5 Å². The van der Waals surface area contributed by atoms with Gasteiger partial charge in [-0.25, -0.2) is 24.8 Å². The summed E-state index contributed by atoms with van der Waals surface area (Å²) < 4.78 is 11.4. The van der Waals surface area contributed by atoms with Crippen LogP contribution >= 0.6 is 22.7 Å². The predicted molar refractivity (Wildman–Crippen MR) is 220 cm³/mol. The van der Waals surface area contributed by atoms with E-state index in [1.165, 1.54) is 27.6 Å². The summed E-state index contributed by atoms with van der Waals surface area (Å²) >= 11 is 2.69. The van der Waals surface area contributed by atoms with Crippen molar-refractivity contribution in [1.29, 1.82) is 0 Å². The number of aromatic nitrogens is 2. The lowest BCUT2D eigenvalue weighted by molar-refractivity contribution is -0.170. The minimum Gasteiger partial charge on any atom is -0.443 e. The van der Waals surface area contributed by atoms with E-state index in [0.717, 1.165) is 26.3 Å². The van der Waals surface area contributed by atoms with Crippen LogP contribution in [-0.4, -0.2) is 78.0 Å². The smallest absolute Gasteiger partial charge is 0.431 e. The quantitative estimate of drug-likeness (QED) is 0.0968. The molecule has 308 valence electrons. The number of benzene rings is 2. The maximum absolute atomic E-state index is 15.2. The zero-order chi connectivity index (χ0) is 41.7. The normalized spacial score (nSPS) is 13.1. The Labute approximate surface area is 342 Å². The number of carbonyl (C=O) groups is 4. The Kier molecular flexibility index (Phi) is 16.4. The number of aryl methyl sites for hydroxylation is 1. The molecule has 0 saturated carbocycles. The molecular weight excluding hydrogens is 767 g/mol. The fraction of sp³-hybridized carbons (Fsp3) is 0.463. The van der Waals surface area contributed by atoms with Gasteiger partial charge in [-0.15, -0.1) is 27.8 Å². The molecular formula is C41H55N7O7S2. The molecule has 0 saturated heterocycles. The fourth-order valence-electron chi connectivity index (χ4n) is 6.13. The predicted octanol–water partition coefficient (Wildman–Crippen LogP) is 7.45. The van der Waals surface area contributed by atoms with E-state index in [2.05, 4.69) is 15.4 Å². The van der Waals surface area contributed by atoms with Crippen molar-refractivity contribution in [3.05, 3.63) is 104 Å². The largest absolute Gasteiger partial charge is 0.443 e. The van der Waals surface area contributed by atoms with Crippen LogP contribution in [0.1, 0.15) is 93.9 Å². The molecule has 4 rings (SSSR count). The number of nitrogens with zero attached hydrogens (tertiary/aromatic N) is 5. The lowest BCUT2D eigenvalue weighted by Crippen LogP contribution is -2.68. The second-order valence-electron chi connectivity index (χ2n) is 15.3. The van der Waals surface area contributed by atoms with E-state index >= 15 is 4.79 Å². The molecule has 0 aliphatic rings. The van der Waals surface area contributed by atoms with E-state index in [4.69, 9.17) is 15.2 Å². The van der Waals surface area contributed by atoms with E-state index in [-0.39, 0.29) is 31.9 Å². The molecule has 2 heterocycles. The van der Waals surface area contributed by atoms with Crippen LogP contribution in [-0.2, 0) is 40.3 Å². The molecule has 16 heteroatoms. The number of hydrogen-bond donors (Lipinski definition) is 3. The number of amides is 5. The van der Waals surface area contributed by atoms with Gasteiger partial charge in [-0.2, -0.15) is 5.01 Å². The van der Waals surface area contributed by atoms with Crippen molar-refractivity contribution in [3.63, 3.8) is 0 Å². The number of carbonyl (C=O) groups excluding carboxylic acids is 4. The van der Waals surface area contributed by atoms with Crippen LogP contribution in [0.25, 0.3) is 0 Å². The molecule has 57 heavy (non-hydrogen) atoms. The van der Waals surface area contributed by atoms with Crippen molar-refractivity contribution in [2.24, 2.45) is 11.7 Å². The number of aliphatic hydroxyl groups is 1. The summed E-state index contributed by atoms with van der Waals surface area (Å²) in [6.07, 6.45) is -0.380. The number of primary amides is 1. The first-order valence-corrected chi connectivity index (χ1v) is 20.7. The summed E-state index contributed by atoms with van der Waals surface area (Å²) in [6.45, 7) is 12.1. The van der Waals surface area contributed by atoms with Crippen LogP contribution in [0.2, 0.25) is 0 Å². The number of hydrogen-bond acceptors (Lipinski definition) is 11. The summed E-state index contributed by atoms with van der Waals surface area (Å²) in [7, 11) is 0. The molecule has 14 nitrogen and oxygen atoms in total. The van der Waals surface area contributed by atoms with Gasteiger partial charge < -0.3 is 25.2 Å². The summed E-state index contributed by atoms with van der Waals surface area (Å²) in [5.74, 6) is -1.38. The van der Waals surface area contributed by atoms with Crippen LogP contribution in [0.5, 0.6) is 0 Å². The lowest BCUT2D eigenvalue weighted by atomic mass is 9.96. The number of thiazole rings is 2. The Morgan fingerprint density at radius 1 is 0.947 bits per heavy atom. The molecule has 3 atom stereocenters. The third kappa shape index (κ3) is 13.5. The standard InChI is InChI=1S/C41H55N7O7S2/c1-27(2)35(46(38(42)51)23-31-25-56-36(44-31)28(3)4)37(50)48(45-39(52)55-41(5,6)7)47(40(53)54-24-32-22-43-26-57-32)33(21-30-17-12-9-13-18-30)34(49)20-14-19-29-15-10-8-11-16-29/h8-13,15-18,22,25-28,33-35,49H,14,19-21,23-24H2,1-7H3,(H2,42,51)(H,45,52)/t33?,34?,35-/m0/s1. The molecule has 0 fully saturated rings. The molecule has 0 aliphatic heterocycles. The molecule has 4 N–H and O–H groups in total. The Hall–Kier alpha value is -5.06. The summed E-state index contributed by atoms with van der Waals surface area (Å²) in [4.78, 5) is 67.3. The van der Waals surface area contributed by atoms with Crippen molar-refractivity contribution < 1.29 is 33.8 Å². The van der Waals surface area contributed by atoms with Crippen LogP contribution in [0.15, 0.2) is 77.8 Å². The molecule has 2 aromatic carbocycles. The zero-order valence-electron chi connectivity index (χ0n) is 33.7. The summed E-state index contributed by atoms with van der Waals surface area (Å²) in [6, 6.07) is 15.5. The highest BCUT2D eigenvalue weighted by atomic mass is 32.1. The molecule has 2 aromatic heterocycles. The first kappa shape index (κ1) is 44.7. The van der Waals surface area contributed by atoms with Crippen LogP contribution in [0.3, 0.4) is 0 Å². The van der Waals surface area contributed by atoms with E-state index in [0.29, 0.717) is 23.4 Å². The van der Waals surface area contributed by atoms with Gasteiger partial charge >= 0.3 is 18.2 Å². The van der Waals surface area contributed by atoms with E-state index in [1.54, 1.807) is 51.7 Å². The Morgan fingerprint density at radius 2 is 1.60 bits per heavy atom. The van der Waals surface area contributed by atoms with E-state index in [1.807, 2.05) is 74.5 Å². The number of nitrogens with one attached hydrogen (secondary N) is 1.